The number of hydrogen-bond acceptors (Lipinski definition) is 6. The second-order valence-corrected chi connectivity index (χ2v) is 5.24. The molecular formula is C18H21N3O4. The molecule has 0 N–H and O–H groups in total. The minimum absolute atomic E-state index is 0.463. The predicted octanol–water partition coefficient (Wildman–Crippen LogP) is 2.83. The quantitative estimate of drug-likeness (QED) is 0.586. The average molecular weight is 343 g/mol. The van der Waals surface area contributed by atoms with Gasteiger partial charge in [-0.2, -0.15) is 0 Å². The van der Waals surface area contributed by atoms with Crippen LogP contribution in [0.15, 0.2) is 36.5 Å². The highest BCUT2D eigenvalue weighted by Gasteiger charge is 2.11. The Labute approximate surface area is 146 Å². The van der Waals surface area contributed by atoms with Crippen molar-refractivity contribution >= 4 is 5.65 Å². The normalized spacial score (nSPS) is 10.8. The lowest BCUT2D eigenvalue weighted by molar-refractivity contribution is 0.144. The van der Waals surface area contributed by atoms with Gasteiger partial charge in [-0.15, -0.1) is 5.10 Å². The summed E-state index contributed by atoms with van der Waals surface area (Å²) in [5.74, 6) is 1.89. The van der Waals surface area contributed by atoms with E-state index in [-0.39, 0.29) is 0 Å². The summed E-state index contributed by atoms with van der Waals surface area (Å²) in [4.78, 5) is 4.59. The largest absolute Gasteiger partial charge is 0.493 e. The molecule has 0 aliphatic rings. The van der Waals surface area contributed by atoms with Crippen molar-refractivity contribution in [3.05, 3.63) is 36.5 Å². The second kappa shape index (κ2) is 7.85. The molecule has 0 unspecified atom stereocenters. The second-order valence-electron chi connectivity index (χ2n) is 5.24. The van der Waals surface area contributed by atoms with Crippen LogP contribution in [0.25, 0.3) is 16.9 Å². The van der Waals surface area contributed by atoms with Crippen LogP contribution in [-0.2, 0) is 4.74 Å². The summed E-state index contributed by atoms with van der Waals surface area (Å²) in [6.45, 7) is 3.48. The van der Waals surface area contributed by atoms with E-state index in [2.05, 4.69) is 10.1 Å². The van der Waals surface area contributed by atoms with Crippen molar-refractivity contribution in [3.8, 4) is 28.6 Å². The Balaban J connectivity index is 1.89. The first-order valence-electron chi connectivity index (χ1n) is 8.04. The van der Waals surface area contributed by atoms with Gasteiger partial charge in [-0.1, -0.05) is 0 Å². The van der Waals surface area contributed by atoms with Gasteiger partial charge in [0.05, 0.1) is 32.2 Å². The van der Waals surface area contributed by atoms with Gasteiger partial charge in [0, 0.05) is 18.7 Å². The van der Waals surface area contributed by atoms with E-state index in [0.29, 0.717) is 37.2 Å². The SMILES string of the molecule is CCOc1ccc2nc(-c3ccc(OCCOC)c(OC)c3)cn2n1. The molecule has 25 heavy (non-hydrogen) atoms. The molecule has 0 atom stereocenters. The lowest BCUT2D eigenvalue weighted by atomic mass is 10.1. The van der Waals surface area contributed by atoms with E-state index in [4.69, 9.17) is 18.9 Å². The fourth-order valence-electron chi connectivity index (χ4n) is 2.41. The van der Waals surface area contributed by atoms with Gasteiger partial charge in [-0.05, 0) is 31.2 Å². The van der Waals surface area contributed by atoms with Crippen molar-refractivity contribution in [2.24, 2.45) is 0 Å². The van der Waals surface area contributed by atoms with Crippen LogP contribution in [0.1, 0.15) is 6.92 Å². The third kappa shape index (κ3) is 3.83. The van der Waals surface area contributed by atoms with E-state index in [1.54, 1.807) is 18.7 Å². The van der Waals surface area contributed by atoms with Crippen molar-refractivity contribution in [2.45, 2.75) is 6.92 Å². The van der Waals surface area contributed by atoms with Gasteiger partial charge >= 0.3 is 0 Å². The van der Waals surface area contributed by atoms with Gasteiger partial charge in [0.1, 0.15) is 6.61 Å². The molecule has 0 saturated carbocycles. The topological polar surface area (TPSA) is 67.1 Å². The molecule has 0 aliphatic heterocycles. The predicted molar refractivity (Wildman–Crippen MR) is 93.5 cm³/mol. The summed E-state index contributed by atoms with van der Waals surface area (Å²) in [5.41, 5.74) is 2.46. The van der Waals surface area contributed by atoms with Gasteiger partial charge in [0.25, 0.3) is 0 Å². The van der Waals surface area contributed by atoms with E-state index in [0.717, 1.165) is 16.9 Å². The molecule has 2 aromatic heterocycles. The molecule has 3 rings (SSSR count). The van der Waals surface area contributed by atoms with Crippen molar-refractivity contribution in [1.29, 1.82) is 0 Å². The number of nitrogens with zero attached hydrogens (tertiary/aromatic N) is 3. The third-order valence-corrected chi connectivity index (χ3v) is 3.59. The van der Waals surface area contributed by atoms with Crippen LogP contribution in [0, 0.1) is 0 Å². The Morgan fingerprint density at radius 3 is 2.64 bits per heavy atom. The fraction of sp³-hybridized carbons (Fsp3) is 0.333. The monoisotopic (exact) mass is 343 g/mol. The minimum atomic E-state index is 0.463. The summed E-state index contributed by atoms with van der Waals surface area (Å²) in [6, 6.07) is 9.39. The summed E-state index contributed by atoms with van der Waals surface area (Å²) in [7, 11) is 3.25. The Hall–Kier alpha value is -2.80. The highest BCUT2D eigenvalue weighted by atomic mass is 16.5. The Bertz CT molecular complexity index is 847. The zero-order valence-electron chi connectivity index (χ0n) is 14.6. The van der Waals surface area contributed by atoms with Crippen LogP contribution < -0.4 is 14.2 Å². The first kappa shape index (κ1) is 17.0. The Kier molecular flexibility index (Phi) is 5.35. The number of fused-ring (bicyclic) bond motifs is 1. The standard InChI is InChI=1S/C18H21N3O4/c1-4-24-18-8-7-17-19-14(12-21(17)20-18)13-5-6-15(16(11-13)23-3)25-10-9-22-2/h5-8,11-12H,4,9-10H2,1-3H3. The summed E-state index contributed by atoms with van der Waals surface area (Å²) in [6.07, 6.45) is 1.86. The van der Waals surface area contributed by atoms with E-state index < -0.39 is 0 Å². The van der Waals surface area contributed by atoms with Crippen molar-refractivity contribution in [1.82, 2.24) is 14.6 Å². The molecule has 0 radical (unpaired) electrons. The molecule has 0 spiro atoms. The maximum absolute atomic E-state index is 5.66. The number of rotatable bonds is 8. The number of methoxy groups -OCH3 is 2. The van der Waals surface area contributed by atoms with Gasteiger partial charge in [-0.3, -0.25) is 0 Å². The van der Waals surface area contributed by atoms with Crippen LogP contribution in [0.3, 0.4) is 0 Å². The maximum atomic E-state index is 5.66. The van der Waals surface area contributed by atoms with Crippen LogP contribution >= 0.6 is 0 Å². The summed E-state index contributed by atoms with van der Waals surface area (Å²) >= 11 is 0. The molecule has 0 saturated heterocycles. The van der Waals surface area contributed by atoms with E-state index in [1.807, 2.05) is 43.5 Å². The van der Waals surface area contributed by atoms with E-state index >= 15 is 0 Å². The van der Waals surface area contributed by atoms with Crippen molar-refractivity contribution < 1.29 is 18.9 Å². The van der Waals surface area contributed by atoms with Crippen molar-refractivity contribution in [3.63, 3.8) is 0 Å². The Morgan fingerprint density at radius 1 is 1.00 bits per heavy atom. The number of benzene rings is 1. The number of ether oxygens (including phenoxy) is 4. The molecule has 0 fully saturated rings. The molecule has 7 nitrogen and oxygen atoms in total. The molecule has 1 aromatic carbocycles. The van der Waals surface area contributed by atoms with Crippen LogP contribution in [0.2, 0.25) is 0 Å². The van der Waals surface area contributed by atoms with Gasteiger partial charge in [0.15, 0.2) is 17.1 Å². The average Bonchev–Trinajstić information content (AvgIpc) is 3.05. The lowest BCUT2D eigenvalue weighted by Gasteiger charge is -2.11. The highest BCUT2D eigenvalue weighted by Crippen LogP contribution is 2.32. The zero-order chi connectivity index (χ0) is 17.6. The molecule has 0 bridgehead atoms. The number of aromatic nitrogens is 3. The summed E-state index contributed by atoms with van der Waals surface area (Å²) in [5, 5.41) is 4.38. The van der Waals surface area contributed by atoms with Gasteiger partial charge in [0.2, 0.25) is 5.88 Å². The Morgan fingerprint density at radius 2 is 1.88 bits per heavy atom. The smallest absolute Gasteiger partial charge is 0.231 e. The molecule has 2 heterocycles. The summed E-state index contributed by atoms with van der Waals surface area (Å²) < 4.78 is 23.2. The lowest BCUT2D eigenvalue weighted by Crippen LogP contribution is -2.05. The fourth-order valence-corrected chi connectivity index (χ4v) is 2.41. The number of hydrogen-bond donors (Lipinski definition) is 0. The number of imidazole rings is 1. The van der Waals surface area contributed by atoms with E-state index in [1.165, 1.54) is 0 Å². The van der Waals surface area contributed by atoms with Crippen LogP contribution in [0.5, 0.6) is 17.4 Å². The third-order valence-electron chi connectivity index (χ3n) is 3.59. The van der Waals surface area contributed by atoms with Crippen molar-refractivity contribution in [2.75, 3.05) is 34.0 Å². The van der Waals surface area contributed by atoms with Crippen LogP contribution in [0.4, 0.5) is 0 Å². The zero-order valence-corrected chi connectivity index (χ0v) is 14.6. The molecule has 0 amide bonds. The molecule has 132 valence electrons. The first-order valence-corrected chi connectivity index (χ1v) is 8.04. The molecule has 0 aliphatic carbocycles. The van der Waals surface area contributed by atoms with Gasteiger partial charge in [-0.25, -0.2) is 9.50 Å². The molecule has 7 heteroatoms. The van der Waals surface area contributed by atoms with E-state index in [9.17, 15) is 0 Å². The minimum Gasteiger partial charge on any atom is -0.493 e. The molecule has 3 aromatic rings. The maximum Gasteiger partial charge on any atom is 0.231 e. The van der Waals surface area contributed by atoms with Crippen LogP contribution in [-0.4, -0.2) is 48.6 Å². The molecular weight excluding hydrogens is 322 g/mol. The first-order chi connectivity index (χ1) is 12.2. The van der Waals surface area contributed by atoms with Gasteiger partial charge < -0.3 is 18.9 Å². The highest BCUT2D eigenvalue weighted by molar-refractivity contribution is 5.66.